The van der Waals surface area contributed by atoms with Crippen molar-refractivity contribution in [3.63, 3.8) is 0 Å². The summed E-state index contributed by atoms with van der Waals surface area (Å²) >= 11 is 3.37. The Balaban J connectivity index is 2.11. The topological polar surface area (TPSA) is 29.5 Å². The number of aliphatic hydroxyl groups is 1. The molecule has 2 nitrogen and oxygen atoms in total. The summed E-state index contributed by atoms with van der Waals surface area (Å²) in [4.78, 5) is 0. The van der Waals surface area contributed by atoms with Crippen molar-refractivity contribution in [1.29, 1.82) is 0 Å². The fourth-order valence-electron chi connectivity index (χ4n) is 1.45. The molecule has 0 saturated carbocycles. The molecule has 0 bridgehead atoms. The Morgan fingerprint density at radius 1 is 0.941 bits per heavy atom. The molecular weight excluding hydrogens is 280 g/mol. The first-order valence-corrected chi connectivity index (χ1v) is 6.16. The maximum atomic E-state index is 9.39. The van der Waals surface area contributed by atoms with Gasteiger partial charge < -0.3 is 9.84 Å². The quantitative estimate of drug-likeness (QED) is 0.914. The number of benzene rings is 2. The van der Waals surface area contributed by atoms with Gasteiger partial charge in [0.2, 0.25) is 0 Å². The molecule has 0 spiro atoms. The molecule has 0 aliphatic rings. The van der Waals surface area contributed by atoms with Crippen LogP contribution in [-0.4, -0.2) is 5.11 Å². The maximum Gasteiger partial charge on any atom is 0.127 e. The van der Waals surface area contributed by atoms with Crippen LogP contribution >= 0.6 is 15.9 Å². The first-order valence-electron chi connectivity index (χ1n) is 5.36. The van der Waals surface area contributed by atoms with Crippen LogP contribution < -0.4 is 4.74 Å². The highest BCUT2D eigenvalue weighted by Gasteiger charge is 2.01. The van der Waals surface area contributed by atoms with Gasteiger partial charge in [-0.15, -0.1) is 0 Å². The molecule has 0 amide bonds. The van der Waals surface area contributed by atoms with Crippen molar-refractivity contribution in [2.45, 2.75) is 13.0 Å². The van der Waals surface area contributed by atoms with Gasteiger partial charge in [-0.3, -0.25) is 0 Å². The Bertz CT molecular complexity index is 475. The van der Waals surface area contributed by atoms with E-state index in [0.29, 0.717) is 0 Å². The lowest BCUT2D eigenvalue weighted by Crippen LogP contribution is -1.90. The first-order chi connectivity index (χ1) is 8.15. The summed E-state index contributed by atoms with van der Waals surface area (Å²) in [6.07, 6.45) is -0.447. The van der Waals surface area contributed by atoms with E-state index >= 15 is 0 Å². The van der Waals surface area contributed by atoms with E-state index in [-0.39, 0.29) is 0 Å². The number of hydrogen-bond acceptors (Lipinski definition) is 2. The fraction of sp³-hybridized carbons (Fsp3) is 0.143. The van der Waals surface area contributed by atoms with Crippen LogP contribution in [0.5, 0.6) is 11.5 Å². The van der Waals surface area contributed by atoms with E-state index in [0.717, 1.165) is 21.5 Å². The Morgan fingerprint density at radius 2 is 1.41 bits per heavy atom. The lowest BCUT2D eigenvalue weighted by Gasteiger charge is -2.08. The van der Waals surface area contributed by atoms with Crippen LogP contribution in [0.15, 0.2) is 53.0 Å². The zero-order chi connectivity index (χ0) is 12.3. The van der Waals surface area contributed by atoms with Crippen LogP contribution in [0, 0.1) is 0 Å². The molecule has 0 radical (unpaired) electrons. The van der Waals surface area contributed by atoms with Crippen LogP contribution in [0.2, 0.25) is 0 Å². The summed E-state index contributed by atoms with van der Waals surface area (Å²) in [6.45, 7) is 1.74. The molecular formula is C14H13BrO2. The zero-order valence-corrected chi connectivity index (χ0v) is 11.0. The van der Waals surface area contributed by atoms with Crippen molar-refractivity contribution in [3.05, 3.63) is 58.6 Å². The summed E-state index contributed by atoms with van der Waals surface area (Å²) in [6, 6.07) is 15.1. The lowest BCUT2D eigenvalue weighted by atomic mass is 10.1. The minimum Gasteiger partial charge on any atom is -0.457 e. The Labute approximate surface area is 109 Å². The largest absolute Gasteiger partial charge is 0.457 e. The molecule has 2 aromatic rings. The molecule has 3 heteroatoms. The van der Waals surface area contributed by atoms with Crippen molar-refractivity contribution in [3.8, 4) is 11.5 Å². The first kappa shape index (κ1) is 12.1. The van der Waals surface area contributed by atoms with Crippen LogP contribution in [0.4, 0.5) is 0 Å². The molecule has 17 heavy (non-hydrogen) atoms. The molecule has 1 unspecified atom stereocenters. The van der Waals surface area contributed by atoms with Crippen molar-refractivity contribution in [2.75, 3.05) is 0 Å². The molecule has 0 saturated heterocycles. The number of aliphatic hydroxyl groups excluding tert-OH is 1. The average Bonchev–Trinajstić information content (AvgIpc) is 2.33. The minimum atomic E-state index is -0.447. The average molecular weight is 293 g/mol. The van der Waals surface area contributed by atoms with Gasteiger partial charge >= 0.3 is 0 Å². The Morgan fingerprint density at radius 3 is 1.88 bits per heavy atom. The van der Waals surface area contributed by atoms with Gasteiger partial charge in [0.05, 0.1) is 6.10 Å². The van der Waals surface area contributed by atoms with Crippen LogP contribution in [0.1, 0.15) is 18.6 Å². The highest BCUT2D eigenvalue weighted by molar-refractivity contribution is 9.10. The van der Waals surface area contributed by atoms with E-state index in [9.17, 15) is 5.11 Å². The van der Waals surface area contributed by atoms with Crippen molar-refractivity contribution in [2.24, 2.45) is 0 Å². The lowest BCUT2D eigenvalue weighted by molar-refractivity contribution is 0.199. The summed E-state index contributed by atoms with van der Waals surface area (Å²) in [5.41, 5.74) is 0.883. The highest BCUT2D eigenvalue weighted by Crippen LogP contribution is 2.24. The second-order valence-corrected chi connectivity index (χ2v) is 4.72. The predicted octanol–water partition coefficient (Wildman–Crippen LogP) is 4.29. The van der Waals surface area contributed by atoms with E-state index in [2.05, 4.69) is 15.9 Å². The normalized spacial score (nSPS) is 12.2. The smallest absolute Gasteiger partial charge is 0.127 e. The third-order valence-corrected chi connectivity index (χ3v) is 2.94. The maximum absolute atomic E-state index is 9.39. The molecule has 2 aromatic carbocycles. The van der Waals surface area contributed by atoms with Gasteiger partial charge in [-0.25, -0.2) is 0 Å². The van der Waals surface area contributed by atoms with E-state index in [1.54, 1.807) is 6.92 Å². The SMILES string of the molecule is CC(O)c1ccc(Oc2ccc(Br)cc2)cc1. The monoisotopic (exact) mass is 292 g/mol. The van der Waals surface area contributed by atoms with Gasteiger partial charge in [-0.2, -0.15) is 0 Å². The van der Waals surface area contributed by atoms with Gasteiger partial charge in [0.1, 0.15) is 11.5 Å². The highest BCUT2D eigenvalue weighted by atomic mass is 79.9. The number of halogens is 1. The zero-order valence-electron chi connectivity index (χ0n) is 9.43. The van der Waals surface area contributed by atoms with E-state index in [1.807, 2.05) is 48.5 Å². The molecule has 0 fully saturated rings. The van der Waals surface area contributed by atoms with Gasteiger partial charge in [0.15, 0.2) is 0 Å². The number of hydrogen-bond donors (Lipinski definition) is 1. The second kappa shape index (κ2) is 5.34. The molecule has 0 aliphatic carbocycles. The summed E-state index contributed by atoms with van der Waals surface area (Å²) in [7, 11) is 0. The van der Waals surface area contributed by atoms with Gasteiger partial charge in [-0.05, 0) is 48.9 Å². The van der Waals surface area contributed by atoms with E-state index in [1.165, 1.54) is 0 Å². The molecule has 1 N–H and O–H groups in total. The second-order valence-electron chi connectivity index (χ2n) is 3.80. The summed E-state index contributed by atoms with van der Waals surface area (Å²) in [5, 5.41) is 9.39. The van der Waals surface area contributed by atoms with Crippen LogP contribution in [0.3, 0.4) is 0 Å². The third-order valence-electron chi connectivity index (χ3n) is 2.41. The molecule has 0 heterocycles. The summed E-state index contributed by atoms with van der Waals surface area (Å²) in [5.74, 6) is 1.55. The third kappa shape index (κ3) is 3.32. The Hall–Kier alpha value is -1.32. The minimum absolute atomic E-state index is 0.447. The molecule has 0 aliphatic heterocycles. The number of rotatable bonds is 3. The van der Waals surface area contributed by atoms with E-state index < -0.39 is 6.10 Å². The van der Waals surface area contributed by atoms with Crippen molar-refractivity contribution < 1.29 is 9.84 Å². The number of ether oxygens (including phenoxy) is 1. The van der Waals surface area contributed by atoms with Crippen LogP contribution in [-0.2, 0) is 0 Å². The predicted molar refractivity (Wildman–Crippen MR) is 71.3 cm³/mol. The molecule has 0 aromatic heterocycles. The standard InChI is InChI=1S/C14H13BrO2/c1-10(16)11-2-6-13(7-3-11)17-14-8-4-12(15)5-9-14/h2-10,16H,1H3. The van der Waals surface area contributed by atoms with Crippen LogP contribution in [0.25, 0.3) is 0 Å². The fourth-order valence-corrected chi connectivity index (χ4v) is 1.72. The van der Waals surface area contributed by atoms with Crippen molar-refractivity contribution in [1.82, 2.24) is 0 Å². The van der Waals surface area contributed by atoms with Gasteiger partial charge in [-0.1, -0.05) is 28.1 Å². The molecule has 88 valence electrons. The summed E-state index contributed by atoms with van der Waals surface area (Å²) < 4.78 is 6.69. The molecule has 1 atom stereocenters. The Kier molecular flexibility index (Phi) is 3.82. The van der Waals surface area contributed by atoms with Crippen molar-refractivity contribution >= 4 is 15.9 Å². The van der Waals surface area contributed by atoms with Gasteiger partial charge in [0.25, 0.3) is 0 Å². The molecule has 2 rings (SSSR count). The van der Waals surface area contributed by atoms with Gasteiger partial charge in [0, 0.05) is 4.47 Å². The van der Waals surface area contributed by atoms with E-state index in [4.69, 9.17) is 4.74 Å².